The molecule has 2 fully saturated rings. The van der Waals surface area contributed by atoms with Crippen LogP contribution in [-0.4, -0.2) is 16.7 Å². The van der Waals surface area contributed by atoms with Gasteiger partial charge in [-0.1, -0.05) is 19.4 Å². The zero-order chi connectivity index (χ0) is 15.1. The molecule has 5 heteroatoms. The Morgan fingerprint density at radius 2 is 1.86 bits per heavy atom. The molecular weight excluding hydrogens is 271 g/mol. The van der Waals surface area contributed by atoms with Crippen molar-refractivity contribution in [1.29, 1.82) is 0 Å². The van der Waals surface area contributed by atoms with Crippen molar-refractivity contribution in [3.8, 4) is 0 Å². The molecule has 2 N–H and O–H groups in total. The van der Waals surface area contributed by atoms with Crippen LogP contribution in [0.3, 0.4) is 0 Å². The van der Waals surface area contributed by atoms with E-state index in [0.29, 0.717) is 11.5 Å². The van der Waals surface area contributed by atoms with Gasteiger partial charge in [0, 0.05) is 5.69 Å². The summed E-state index contributed by atoms with van der Waals surface area (Å²) in [6.45, 7) is 2.24. The standard InChI is InChI=1S/C16H19FN2O2/c1-2-9-5-12-13(6-9)16(21)19(15(12)20)8-10-3-4-11(17)7-14(10)18/h3-4,7,9,12-13H,2,5-6,8,18H2,1H3. The lowest BCUT2D eigenvalue weighted by molar-refractivity contribution is -0.141. The predicted octanol–water partition coefficient (Wildman–Crippen LogP) is 2.33. The number of likely N-dealkylation sites (tertiary alicyclic amines) is 1. The molecule has 3 rings (SSSR count). The third kappa shape index (κ3) is 2.30. The van der Waals surface area contributed by atoms with E-state index in [1.165, 1.54) is 23.1 Å². The number of rotatable bonds is 3. The zero-order valence-electron chi connectivity index (χ0n) is 12.0. The second-order valence-corrected chi connectivity index (χ2v) is 6.06. The first-order chi connectivity index (χ1) is 10.0. The molecule has 21 heavy (non-hydrogen) atoms. The van der Waals surface area contributed by atoms with E-state index in [2.05, 4.69) is 6.92 Å². The third-order valence-electron chi connectivity index (χ3n) is 4.84. The molecule has 1 saturated heterocycles. The average molecular weight is 290 g/mol. The van der Waals surface area contributed by atoms with Crippen LogP contribution in [0.4, 0.5) is 10.1 Å². The van der Waals surface area contributed by atoms with Crippen molar-refractivity contribution < 1.29 is 14.0 Å². The number of fused-ring (bicyclic) bond motifs is 1. The summed E-state index contributed by atoms with van der Waals surface area (Å²) >= 11 is 0. The number of amides is 2. The van der Waals surface area contributed by atoms with E-state index in [0.717, 1.165) is 19.3 Å². The maximum atomic E-state index is 13.1. The topological polar surface area (TPSA) is 63.4 Å². The molecule has 2 amide bonds. The molecule has 112 valence electrons. The Morgan fingerprint density at radius 1 is 1.24 bits per heavy atom. The van der Waals surface area contributed by atoms with Crippen molar-refractivity contribution in [2.45, 2.75) is 32.7 Å². The van der Waals surface area contributed by atoms with Gasteiger partial charge < -0.3 is 5.73 Å². The van der Waals surface area contributed by atoms with Gasteiger partial charge in [0.05, 0.1) is 18.4 Å². The molecule has 0 bridgehead atoms. The number of halogens is 1. The zero-order valence-corrected chi connectivity index (χ0v) is 12.0. The van der Waals surface area contributed by atoms with Gasteiger partial charge in [0.15, 0.2) is 0 Å². The van der Waals surface area contributed by atoms with Crippen molar-refractivity contribution in [3.63, 3.8) is 0 Å². The molecule has 2 atom stereocenters. The smallest absolute Gasteiger partial charge is 0.233 e. The molecule has 0 spiro atoms. The quantitative estimate of drug-likeness (QED) is 0.686. The Morgan fingerprint density at radius 3 is 2.38 bits per heavy atom. The van der Waals surface area contributed by atoms with Crippen LogP contribution in [0.25, 0.3) is 0 Å². The van der Waals surface area contributed by atoms with Gasteiger partial charge in [-0.25, -0.2) is 4.39 Å². The van der Waals surface area contributed by atoms with Crippen molar-refractivity contribution >= 4 is 17.5 Å². The molecule has 4 nitrogen and oxygen atoms in total. The van der Waals surface area contributed by atoms with Crippen LogP contribution in [0, 0.1) is 23.6 Å². The molecule has 1 aliphatic carbocycles. The lowest BCUT2D eigenvalue weighted by Gasteiger charge is -2.18. The van der Waals surface area contributed by atoms with Crippen LogP contribution in [0.2, 0.25) is 0 Å². The average Bonchev–Trinajstić information content (AvgIpc) is 2.97. The highest BCUT2D eigenvalue weighted by Gasteiger charge is 2.52. The van der Waals surface area contributed by atoms with Crippen LogP contribution in [0.15, 0.2) is 18.2 Å². The number of benzene rings is 1. The Balaban J connectivity index is 1.79. The number of nitrogens with two attached hydrogens (primary N) is 1. The van der Waals surface area contributed by atoms with Gasteiger partial charge in [-0.2, -0.15) is 0 Å². The number of hydrogen-bond donors (Lipinski definition) is 1. The fourth-order valence-corrected chi connectivity index (χ4v) is 3.57. The molecule has 1 heterocycles. The Kier molecular flexibility index (Phi) is 3.43. The fraction of sp³-hybridized carbons (Fsp3) is 0.500. The van der Waals surface area contributed by atoms with Crippen molar-refractivity contribution in [3.05, 3.63) is 29.6 Å². The number of carbonyl (C=O) groups is 2. The number of nitrogen functional groups attached to an aromatic ring is 1. The van der Waals surface area contributed by atoms with E-state index in [1.54, 1.807) is 0 Å². The summed E-state index contributed by atoms with van der Waals surface area (Å²) in [5.74, 6) is -0.452. The summed E-state index contributed by atoms with van der Waals surface area (Å²) in [6.07, 6.45) is 2.63. The van der Waals surface area contributed by atoms with E-state index in [4.69, 9.17) is 5.73 Å². The summed E-state index contributed by atoms with van der Waals surface area (Å²) in [5, 5.41) is 0. The lowest BCUT2D eigenvalue weighted by Crippen LogP contribution is -2.32. The maximum Gasteiger partial charge on any atom is 0.233 e. The van der Waals surface area contributed by atoms with Crippen LogP contribution < -0.4 is 5.73 Å². The van der Waals surface area contributed by atoms with Gasteiger partial charge in [0.1, 0.15) is 5.82 Å². The highest BCUT2D eigenvalue weighted by atomic mass is 19.1. The largest absolute Gasteiger partial charge is 0.398 e. The normalized spacial score (nSPS) is 28.3. The number of nitrogens with zero attached hydrogens (tertiary/aromatic N) is 1. The summed E-state index contributed by atoms with van der Waals surface area (Å²) in [5.41, 5.74) is 6.65. The number of anilines is 1. The van der Waals surface area contributed by atoms with E-state index < -0.39 is 5.82 Å². The summed E-state index contributed by atoms with van der Waals surface area (Å²) in [6, 6.07) is 4.05. The molecule has 1 aliphatic heterocycles. The monoisotopic (exact) mass is 290 g/mol. The Hall–Kier alpha value is -1.91. The first-order valence-corrected chi connectivity index (χ1v) is 7.40. The van der Waals surface area contributed by atoms with Gasteiger partial charge >= 0.3 is 0 Å². The molecular formula is C16H19FN2O2. The molecule has 2 aliphatic rings. The van der Waals surface area contributed by atoms with Gasteiger partial charge in [-0.3, -0.25) is 14.5 Å². The number of hydrogen-bond acceptors (Lipinski definition) is 3. The summed E-state index contributed by atoms with van der Waals surface area (Å²) in [7, 11) is 0. The SMILES string of the molecule is CCC1CC2C(=O)N(Cc3ccc(F)cc3N)C(=O)C2C1. The van der Waals surface area contributed by atoms with Gasteiger partial charge in [-0.05, 0) is 36.5 Å². The predicted molar refractivity (Wildman–Crippen MR) is 76.4 cm³/mol. The summed E-state index contributed by atoms with van der Waals surface area (Å²) in [4.78, 5) is 26.2. The molecule has 1 aromatic carbocycles. The van der Waals surface area contributed by atoms with E-state index in [9.17, 15) is 14.0 Å². The van der Waals surface area contributed by atoms with Crippen LogP contribution in [0.1, 0.15) is 31.7 Å². The van der Waals surface area contributed by atoms with Crippen molar-refractivity contribution in [2.75, 3.05) is 5.73 Å². The van der Waals surface area contributed by atoms with Crippen LogP contribution in [0.5, 0.6) is 0 Å². The maximum absolute atomic E-state index is 13.1. The Labute approximate surface area is 123 Å². The highest BCUT2D eigenvalue weighted by Crippen LogP contribution is 2.44. The second kappa shape index (κ2) is 5.13. The van der Waals surface area contributed by atoms with Crippen LogP contribution >= 0.6 is 0 Å². The van der Waals surface area contributed by atoms with Gasteiger partial charge in [0.2, 0.25) is 11.8 Å². The van der Waals surface area contributed by atoms with E-state index >= 15 is 0 Å². The minimum absolute atomic E-state index is 0.0929. The minimum atomic E-state index is -0.419. The molecule has 0 radical (unpaired) electrons. The third-order valence-corrected chi connectivity index (χ3v) is 4.84. The second-order valence-electron chi connectivity index (χ2n) is 6.06. The molecule has 1 saturated carbocycles. The van der Waals surface area contributed by atoms with E-state index in [1.807, 2.05) is 0 Å². The molecule has 2 unspecified atom stereocenters. The molecule has 0 aromatic heterocycles. The first-order valence-electron chi connectivity index (χ1n) is 7.40. The van der Waals surface area contributed by atoms with Crippen LogP contribution in [-0.2, 0) is 16.1 Å². The Bertz CT molecular complexity index is 578. The van der Waals surface area contributed by atoms with Gasteiger partial charge in [0.25, 0.3) is 0 Å². The molecule has 1 aromatic rings. The first kappa shape index (κ1) is 14.0. The number of carbonyl (C=O) groups excluding carboxylic acids is 2. The fourth-order valence-electron chi connectivity index (χ4n) is 3.57. The number of imide groups is 1. The van der Waals surface area contributed by atoms with Gasteiger partial charge in [-0.15, -0.1) is 0 Å². The highest BCUT2D eigenvalue weighted by molar-refractivity contribution is 6.05. The lowest BCUT2D eigenvalue weighted by atomic mass is 10.00. The minimum Gasteiger partial charge on any atom is -0.398 e. The van der Waals surface area contributed by atoms with E-state index in [-0.39, 0.29) is 35.9 Å². The summed E-state index contributed by atoms with van der Waals surface area (Å²) < 4.78 is 13.1. The van der Waals surface area contributed by atoms with Crippen molar-refractivity contribution in [2.24, 2.45) is 17.8 Å². The van der Waals surface area contributed by atoms with Crippen molar-refractivity contribution in [1.82, 2.24) is 4.90 Å².